The molecule has 7 heteroatoms. The van der Waals surface area contributed by atoms with Crippen LogP contribution in [0.4, 0.5) is 0 Å². The number of nitrogens with zero attached hydrogens (tertiary/aromatic N) is 2. The molecule has 0 bridgehead atoms. The van der Waals surface area contributed by atoms with E-state index in [1.807, 2.05) is 7.05 Å². The Labute approximate surface area is 193 Å². The highest BCUT2D eigenvalue weighted by Crippen LogP contribution is 2.16. The predicted molar refractivity (Wildman–Crippen MR) is 131 cm³/mol. The molecule has 1 saturated heterocycles. The molecular weight excluding hydrogens is 479 g/mol. The number of likely N-dealkylation sites (tertiary alicyclic amines) is 1. The first-order valence-electron chi connectivity index (χ1n) is 10.6. The number of halogens is 1. The normalized spacial score (nSPS) is 15.4. The average molecular weight is 518 g/mol. The summed E-state index contributed by atoms with van der Waals surface area (Å²) in [6, 6.07) is 8.75. The van der Waals surface area contributed by atoms with Crippen LogP contribution in [0, 0.1) is 0 Å². The molecular formula is C22H39IN4O2. The molecule has 0 aliphatic carbocycles. The fourth-order valence-electron chi connectivity index (χ4n) is 3.44. The van der Waals surface area contributed by atoms with Gasteiger partial charge in [0.1, 0.15) is 0 Å². The van der Waals surface area contributed by atoms with E-state index in [0.29, 0.717) is 13.2 Å². The highest BCUT2D eigenvalue weighted by Gasteiger charge is 2.11. The van der Waals surface area contributed by atoms with Gasteiger partial charge in [0.05, 0.1) is 13.2 Å². The van der Waals surface area contributed by atoms with Crippen LogP contribution in [-0.2, 0) is 22.6 Å². The number of hydrogen-bond donors (Lipinski definition) is 2. The Bertz CT molecular complexity index is 563. The number of nitrogens with one attached hydrogen (secondary N) is 2. The molecule has 29 heavy (non-hydrogen) atoms. The highest BCUT2D eigenvalue weighted by atomic mass is 127. The Hall–Kier alpha value is -0.900. The van der Waals surface area contributed by atoms with Gasteiger partial charge < -0.3 is 20.1 Å². The lowest BCUT2D eigenvalue weighted by atomic mass is 10.1. The number of ether oxygens (including phenoxy) is 2. The van der Waals surface area contributed by atoms with Crippen LogP contribution in [0.5, 0.6) is 0 Å². The molecule has 0 amide bonds. The highest BCUT2D eigenvalue weighted by molar-refractivity contribution is 14.0. The van der Waals surface area contributed by atoms with E-state index in [1.165, 1.54) is 49.9 Å². The van der Waals surface area contributed by atoms with Gasteiger partial charge in [0, 0.05) is 40.4 Å². The smallest absolute Gasteiger partial charge is 0.191 e. The molecule has 0 radical (unpaired) electrons. The van der Waals surface area contributed by atoms with E-state index in [9.17, 15) is 0 Å². The molecule has 0 unspecified atom stereocenters. The summed E-state index contributed by atoms with van der Waals surface area (Å²) in [6.07, 6.45) is 6.34. The topological polar surface area (TPSA) is 58.1 Å². The van der Waals surface area contributed by atoms with Crippen molar-refractivity contribution in [2.45, 2.75) is 45.2 Å². The van der Waals surface area contributed by atoms with Gasteiger partial charge in [-0.2, -0.15) is 0 Å². The van der Waals surface area contributed by atoms with Gasteiger partial charge in [0.15, 0.2) is 5.96 Å². The van der Waals surface area contributed by atoms with Crippen LogP contribution < -0.4 is 10.6 Å². The first-order chi connectivity index (χ1) is 13.8. The third-order valence-corrected chi connectivity index (χ3v) is 5.07. The SMILES string of the molecule is CN=C(NCCCOCCOC)NCc1ccccc1CN1CCCCCC1.I. The first-order valence-corrected chi connectivity index (χ1v) is 10.6. The lowest BCUT2D eigenvalue weighted by Gasteiger charge is -2.22. The molecule has 0 aromatic heterocycles. The summed E-state index contributed by atoms with van der Waals surface area (Å²) >= 11 is 0. The monoisotopic (exact) mass is 518 g/mol. The maximum absolute atomic E-state index is 5.49. The van der Waals surface area contributed by atoms with Gasteiger partial charge in [0.2, 0.25) is 0 Å². The number of methoxy groups -OCH3 is 1. The molecule has 0 saturated carbocycles. The summed E-state index contributed by atoms with van der Waals surface area (Å²) < 4.78 is 10.5. The minimum atomic E-state index is 0. The van der Waals surface area contributed by atoms with E-state index >= 15 is 0 Å². The maximum Gasteiger partial charge on any atom is 0.191 e. The van der Waals surface area contributed by atoms with Crippen LogP contribution >= 0.6 is 24.0 Å². The van der Waals surface area contributed by atoms with Gasteiger partial charge in [-0.15, -0.1) is 24.0 Å². The number of hydrogen-bond acceptors (Lipinski definition) is 4. The van der Waals surface area contributed by atoms with E-state index in [0.717, 1.165) is 38.6 Å². The fraction of sp³-hybridized carbons (Fsp3) is 0.682. The fourth-order valence-corrected chi connectivity index (χ4v) is 3.44. The molecule has 1 aliphatic rings. The zero-order valence-corrected chi connectivity index (χ0v) is 20.5. The molecule has 2 rings (SSSR count). The Morgan fingerprint density at radius 1 is 1.00 bits per heavy atom. The third kappa shape index (κ3) is 11.2. The Kier molecular flexibility index (Phi) is 15.2. The van der Waals surface area contributed by atoms with Gasteiger partial charge >= 0.3 is 0 Å². The van der Waals surface area contributed by atoms with E-state index in [4.69, 9.17) is 9.47 Å². The van der Waals surface area contributed by atoms with Crippen molar-refractivity contribution in [1.82, 2.24) is 15.5 Å². The van der Waals surface area contributed by atoms with Crippen molar-refractivity contribution in [2.24, 2.45) is 4.99 Å². The Balaban J connectivity index is 0.00000420. The lowest BCUT2D eigenvalue weighted by molar-refractivity contribution is 0.0698. The van der Waals surface area contributed by atoms with Gasteiger partial charge in [-0.25, -0.2) is 0 Å². The van der Waals surface area contributed by atoms with Gasteiger partial charge in [-0.3, -0.25) is 9.89 Å². The van der Waals surface area contributed by atoms with Crippen LogP contribution in [0.3, 0.4) is 0 Å². The van der Waals surface area contributed by atoms with Crippen LogP contribution in [0.1, 0.15) is 43.2 Å². The molecule has 0 atom stereocenters. The molecule has 1 aromatic carbocycles. The predicted octanol–water partition coefficient (Wildman–Crippen LogP) is 3.40. The summed E-state index contributed by atoms with van der Waals surface area (Å²) in [5, 5.41) is 6.80. The van der Waals surface area contributed by atoms with Gasteiger partial charge in [-0.05, 0) is 43.5 Å². The minimum absolute atomic E-state index is 0. The van der Waals surface area contributed by atoms with Crippen LogP contribution in [0.2, 0.25) is 0 Å². The number of rotatable bonds is 11. The minimum Gasteiger partial charge on any atom is -0.382 e. The van der Waals surface area contributed by atoms with Crippen molar-refractivity contribution < 1.29 is 9.47 Å². The number of aliphatic imine (C=N–C) groups is 1. The number of benzene rings is 1. The average Bonchev–Trinajstić information content (AvgIpc) is 2.99. The van der Waals surface area contributed by atoms with Crippen molar-refractivity contribution in [3.8, 4) is 0 Å². The summed E-state index contributed by atoms with van der Waals surface area (Å²) in [5.41, 5.74) is 2.76. The van der Waals surface area contributed by atoms with E-state index < -0.39 is 0 Å². The molecule has 1 heterocycles. The standard InChI is InChI=1S/C22H38N4O2.HI/c1-23-22(24-12-9-15-28-17-16-27-2)25-18-20-10-5-6-11-21(20)19-26-13-7-3-4-8-14-26;/h5-6,10-11H,3-4,7-9,12-19H2,1-2H3,(H2,23,24,25);1H. The lowest BCUT2D eigenvalue weighted by Crippen LogP contribution is -2.38. The summed E-state index contributed by atoms with van der Waals surface area (Å²) in [7, 11) is 3.50. The molecule has 1 aliphatic heterocycles. The van der Waals surface area contributed by atoms with Crippen molar-refractivity contribution in [2.75, 3.05) is 53.6 Å². The molecule has 2 N–H and O–H groups in total. The summed E-state index contributed by atoms with van der Waals surface area (Å²) in [6.45, 7) is 7.13. The zero-order chi connectivity index (χ0) is 19.9. The third-order valence-electron chi connectivity index (χ3n) is 5.07. The molecule has 6 nitrogen and oxygen atoms in total. The first kappa shape index (κ1) is 26.1. The Morgan fingerprint density at radius 3 is 2.41 bits per heavy atom. The van der Waals surface area contributed by atoms with Crippen LogP contribution in [0.25, 0.3) is 0 Å². The molecule has 166 valence electrons. The molecule has 1 fully saturated rings. The van der Waals surface area contributed by atoms with Crippen LogP contribution in [0.15, 0.2) is 29.3 Å². The second kappa shape index (κ2) is 16.8. The van der Waals surface area contributed by atoms with Crippen molar-refractivity contribution in [3.63, 3.8) is 0 Å². The largest absolute Gasteiger partial charge is 0.382 e. The maximum atomic E-state index is 5.49. The van der Waals surface area contributed by atoms with Crippen LogP contribution in [-0.4, -0.2) is 64.5 Å². The van der Waals surface area contributed by atoms with E-state index in [1.54, 1.807) is 7.11 Å². The second-order valence-corrected chi connectivity index (χ2v) is 7.27. The van der Waals surface area contributed by atoms with Crippen molar-refractivity contribution >= 4 is 29.9 Å². The second-order valence-electron chi connectivity index (χ2n) is 7.27. The summed E-state index contributed by atoms with van der Waals surface area (Å²) in [5.74, 6) is 0.835. The van der Waals surface area contributed by atoms with Gasteiger partial charge in [0.25, 0.3) is 0 Å². The molecule has 1 aromatic rings. The number of guanidine groups is 1. The molecule has 0 spiro atoms. The van der Waals surface area contributed by atoms with Crippen molar-refractivity contribution in [3.05, 3.63) is 35.4 Å². The zero-order valence-electron chi connectivity index (χ0n) is 18.1. The summed E-state index contributed by atoms with van der Waals surface area (Å²) in [4.78, 5) is 6.93. The van der Waals surface area contributed by atoms with Crippen molar-refractivity contribution in [1.29, 1.82) is 0 Å². The quantitative estimate of drug-likeness (QED) is 0.204. The van der Waals surface area contributed by atoms with E-state index in [2.05, 4.69) is 44.8 Å². The van der Waals surface area contributed by atoms with Gasteiger partial charge in [-0.1, -0.05) is 37.1 Å². The van der Waals surface area contributed by atoms with E-state index in [-0.39, 0.29) is 24.0 Å². The Morgan fingerprint density at radius 2 is 1.72 bits per heavy atom.